The van der Waals surface area contributed by atoms with Crippen molar-refractivity contribution in [2.24, 2.45) is 0 Å². The predicted molar refractivity (Wildman–Crippen MR) is 166 cm³/mol. The molecule has 1 saturated carbocycles. The first-order chi connectivity index (χ1) is 17.4. The molecule has 0 aliphatic heterocycles. The Morgan fingerprint density at radius 3 is 1.35 bits per heavy atom. The van der Waals surface area contributed by atoms with Crippen molar-refractivity contribution in [3.05, 3.63) is 58.7 Å². The van der Waals surface area contributed by atoms with Gasteiger partial charge in [-0.3, -0.25) is 0 Å². The molecule has 2 aromatic rings. The average molecular weight is 518 g/mol. The minimum absolute atomic E-state index is 0.164. The fraction of sp³-hybridized carbons (Fsp3) is 0.657. The molecule has 0 aromatic heterocycles. The van der Waals surface area contributed by atoms with E-state index in [0.29, 0.717) is 11.6 Å². The lowest BCUT2D eigenvalue weighted by Gasteiger charge is -2.37. The SMILES string of the molecule is CC(C)(C)c1ccc2c(c1)C([Si](C)(C)NC1CCCCCCCCCCC1)c1cc(C(C)(C)C)ccc1-2. The Labute approximate surface area is 230 Å². The highest BCUT2D eigenvalue weighted by molar-refractivity contribution is 6.77. The second-order valence-electron chi connectivity index (χ2n) is 14.9. The largest absolute Gasteiger partial charge is 0.334 e. The Morgan fingerprint density at radius 2 is 0.973 bits per heavy atom. The van der Waals surface area contributed by atoms with E-state index in [0.717, 1.165) is 0 Å². The third-order valence-electron chi connectivity index (χ3n) is 9.15. The Morgan fingerprint density at radius 1 is 0.595 bits per heavy atom. The van der Waals surface area contributed by atoms with Crippen molar-refractivity contribution < 1.29 is 0 Å². The molecule has 0 radical (unpaired) electrons. The Balaban J connectivity index is 1.71. The highest BCUT2D eigenvalue weighted by atomic mass is 28.3. The first-order valence-corrected chi connectivity index (χ1v) is 18.5. The smallest absolute Gasteiger partial charge is 0.131 e. The van der Waals surface area contributed by atoms with E-state index in [1.807, 2.05) is 0 Å². The van der Waals surface area contributed by atoms with E-state index in [9.17, 15) is 0 Å². The molecular weight excluding hydrogens is 462 g/mol. The number of benzene rings is 2. The van der Waals surface area contributed by atoms with E-state index < -0.39 is 8.24 Å². The minimum Gasteiger partial charge on any atom is -0.334 e. The lowest BCUT2D eigenvalue weighted by atomic mass is 9.85. The van der Waals surface area contributed by atoms with Crippen LogP contribution in [0.4, 0.5) is 0 Å². The second kappa shape index (κ2) is 11.4. The second-order valence-corrected chi connectivity index (χ2v) is 19.2. The lowest BCUT2D eigenvalue weighted by Crippen LogP contribution is -2.54. The molecule has 204 valence electrons. The van der Waals surface area contributed by atoms with Crippen LogP contribution in [0.25, 0.3) is 11.1 Å². The van der Waals surface area contributed by atoms with Crippen molar-refractivity contribution in [1.29, 1.82) is 0 Å². The molecule has 0 unspecified atom stereocenters. The normalized spacial score (nSPS) is 19.1. The maximum absolute atomic E-state index is 4.43. The summed E-state index contributed by atoms with van der Waals surface area (Å²) in [4.78, 5) is 4.43. The highest BCUT2D eigenvalue weighted by Gasteiger charge is 2.43. The van der Waals surface area contributed by atoms with Crippen LogP contribution in [0, 0.1) is 0 Å². The molecule has 2 aliphatic carbocycles. The van der Waals surface area contributed by atoms with Crippen LogP contribution < -0.4 is 4.98 Å². The maximum atomic E-state index is 4.43. The Bertz CT molecular complexity index is 976. The van der Waals surface area contributed by atoms with Crippen molar-refractivity contribution in [3.8, 4) is 11.1 Å². The summed E-state index contributed by atoms with van der Waals surface area (Å²) in [6.07, 6.45) is 15.5. The minimum atomic E-state index is -1.86. The average Bonchev–Trinajstić information content (AvgIpc) is 3.13. The van der Waals surface area contributed by atoms with E-state index in [1.165, 1.54) is 92.9 Å². The molecule has 2 aromatic carbocycles. The van der Waals surface area contributed by atoms with Gasteiger partial charge in [-0.2, -0.15) is 0 Å². The van der Waals surface area contributed by atoms with Crippen molar-refractivity contribution in [1.82, 2.24) is 4.98 Å². The summed E-state index contributed by atoms with van der Waals surface area (Å²) in [6, 6.07) is 15.5. The van der Waals surface area contributed by atoms with Crippen molar-refractivity contribution >= 4 is 8.24 Å². The van der Waals surface area contributed by atoms with Gasteiger partial charge in [-0.05, 0) is 57.1 Å². The molecule has 0 spiro atoms. The van der Waals surface area contributed by atoms with Gasteiger partial charge in [0.2, 0.25) is 0 Å². The summed E-state index contributed by atoms with van der Waals surface area (Å²) in [5.74, 6) is 0. The zero-order valence-electron chi connectivity index (χ0n) is 25.4. The Hall–Kier alpha value is -1.38. The van der Waals surface area contributed by atoms with E-state index in [1.54, 1.807) is 11.1 Å². The monoisotopic (exact) mass is 517 g/mol. The van der Waals surface area contributed by atoms with Gasteiger partial charge in [-0.1, -0.05) is 149 Å². The van der Waals surface area contributed by atoms with Crippen molar-refractivity contribution in [2.75, 3.05) is 0 Å². The van der Waals surface area contributed by atoms with Gasteiger partial charge in [0.15, 0.2) is 0 Å². The third-order valence-corrected chi connectivity index (χ3v) is 12.4. The van der Waals surface area contributed by atoms with Crippen molar-refractivity contribution in [2.45, 2.75) is 148 Å². The van der Waals surface area contributed by atoms with E-state index >= 15 is 0 Å². The molecule has 0 saturated heterocycles. The maximum Gasteiger partial charge on any atom is 0.131 e. The molecule has 0 atom stereocenters. The van der Waals surface area contributed by atoms with Crippen LogP contribution >= 0.6 is 0 Å². The first-order valence-electron chi connectivity index (χ1n) is 15.4. The van der Waals surface area contributed by atoms with Gasteiger partial charge in [0, 0.05) is 11.6 Å². The summed E-state index contributed by atoms with van der Waals surface area (Å²) < 4.78 is 0. The van der Waals surface area contributed by atoms with Crippen LogP contribution in [0.1, 0.15) is 140 Å². The molecule has 2 aliphatic rings. The molecule has 4 rings (SSSR count). The van der Waals surface area contributed by atoms with Gasteiger partial charge >= 0.3 is 0 Å². The van der Waals surface area contributed by atoms with Gasteiger partial charge < -0.3 is 4.98 Å². The van der Waals surface area contributed by atoms with E-state index in [-0.39, 0.29) is 10.8 Å². The first kappa shape index (κ1) is 28.6. The zero-order chi connectivity index (χ0) is 26.8. The van der Waals surface area contributed by atoms with Gasteiger partial charge in [0.1, 0.15) is 8.24 Å². The number of fused-ring (bicyclic) bond motifs is 3. The van der Waals surface area contributed by atoms with Crippen LogP contribution in [-0.4, -0.2) is 14.3 Å². The van der Waals surface area contributed by atoms with E-state index in [4.69, 9.17) is 0 Å². The summed E-state index contributed by atoms with van der Waals surface area (Å²) in [7, 11) is -1.86. The standard InChI is InChI=1S/C35H55NSi/c1-34(2,3)26-20-22-29-30-23-21-27(35(4,5)6)25-32(30)33(31(29)24-26)37(7,8)36-28-18-16-14-12-10-9-11-13-15-17-19-28/h20-25,28,33,36H,9-19H2,1-8H3. The quantitative estimate of drug-likeness (QED) is 0.399. The lowest BCUT2D eigenvalue weighted by molar-refractivity contribution is 0.442. The fourth-order valence-electron chi connectivity index (χ4n) is 6.89. The van der Waals surface area contributed by atoms with E-state index in [2.05, 4.69) is 96.0 Å². The number of nitrogens with one attached hydrogen (secondary N) is 1. The molecule has 1 nitrogen and oxygen atoms in total. The van der Waals surface area contributed by atoms with Gasteiger partial charge in [0.25, 0.3) is 0 Å². The summed E-state index contributed by atoms with van der Waals surface area (Å²) in [5.41, 5.74) is 9.91. The molecule has 0 heterocycles. The molecular formula is C35H55NSi. The van der Waals surface area contributed by atoms with Crippen LogP contribution in [0.15, 0.2) is 36.4 Å². The third kappa shape index (κ3) is 6.80. The van der Waals surface area contributed by atoms with Gasteiger partial charge in [-0.15, -0.1) is 0 Å². The number of hydrogen-bond donors (Lipinski definition) is 1. The molecule has 37 heavy (non-hydrogen) atoms. The molecule has 1 N–H and O–H groups in total. The molecule has 2 heteroatoms. The predicted octanol–water partition coefficient (Wildman–Crippen LogP) is 10.4. The summed E-state index contributed by atoms with van der Waals surface area (Å²) in [5, 5.41) is 0. The summed E-state index contributed by atoms with van der Waals surface area (Å²) in [6.45, 7) is 19.4. The molecule has 0 amide bonds. The Kier molecular flexibility index (Phi) is 8.81. The topological polar surface area (TPSA) is 12.0 Å². The number of rotatable bonds is 3. The van der Waals surface area contributed by atoms with Gasteiger partial charge in [-0.25, -0.2) is 0 Å². The van der Waals surface area contributed by atoms with Crippen LogP contribution in [0.5, 0.6) is 0 Å². The highest BCUT2D eigenvalue weighted by Crippen LogP contribution is 2.50. The molecule has 0 bridgehead atoms. The van der Waals surface area contributed by atoms with Crippen LogP contribution in [0.3, 0.4) is 0 Å². The van der Waals surface area contributed by atoms with Crippen LogP contribution in [0.2, 0.25) is 13.1 Å². The van der Waals surface area contributed by atoms with Crippen LogP contribution in [-0.2, 0) is 10.8 Å². The van der Waals surface area contributed by atoms with Crippen molar-refractivity contribution in [3.63, 3.8) is 0 Å². The molecule has 1 fully saturated rings. The van der Waals surface area contributed by atoms with Gasteiger partial charge in [0.05, 0.1) is 0 Å². The number of hydrogen-bond acceptors (Lipinski definition) is 1. The zero-order valence-corrected chi connectivity index (χ0v) is 26.4. The fourth-order valence-corrected chi connectivity index (χ4v) is 10.4. The summed E-state index contributed by atoms with van der Waals surface area (Å²) >= 11 is 0.